The number of Topliss-reactive ketones (excluding diaryl/α,β-unsaturated/α-hetero) is 2. The Balaban J connectivity index is 1.56. The maximum atomic E-state index is 14.9. The normalized spacial score (nSPS) is 23.8. The van der Waals surface area contributed by atoms with Crippen LogP contribution in [0.4, 0.5) is 11.4 Å². The number of para-hydroxylation sites is 2. The average Bonchev–Trinajstić information content (AvgIpc) is 3.49. The molecule has 1 spiro atoms. The highest BCUT2D eigenvalue weighted by molar-refractivity contribution is 6.18. The van der Waals surface area contributed by atoms with Crippen molar-refractivity contribution in [1.29, 1.82) is 0 Å². The van der Waals surface area contributed by atoms with Crippen LogP contribution < -0.4 is 15.0 Å². The number of amides is 1. The van der Waals surface area contributed by atoms with Gasteiger partial charge in [-0.25, -0.2) is 0 Å². The molecule has 1 N–H and O–H groups in total. The summed E-state index contributed by atoms with van der Waals surface area (Å²) in [6, 6.07) is 29.9. The van der Waals surface area contributed by atoms with E-state index in [0.717, 1.165) is 22.4 Å². The first-order valence-electron chi connectivity index (χ1n) is 13.7. The van der Waals surface area contributed by atoms with Crippen LogP contribution in [0.25, 0.3) is 5.57 Å². The van der Waals surface area contributed by atoms with E-state index in [1.807, 2.05) is 78.6 Å². The lowest BCUT2D eigenvalue weighted by Crippen LogP contribution is -2.51. The minimum Gasteiger partial charge on any atom is -0.497 e. The molecule has 4 aromatic rings. The molecule has 3 aliphatic rings. The number of hydrogen-bond acceptors (Lipinski definition) is 5. The van der Waals surface area contributed by atoms with Crippen molar-refractivity contribution in [1.82, 2.24) is 0 Å². The van der Waals surface area contributed by atoms with Gasteiger partial charge in [0.1, 0.15) is 17.2 Å². The number of methoxy groups -OCH3 is 1. The fourth-order valence-corrected chi connectivity index (χ4v) is 7.12. The molecule has 202 valence electrons. The summed E-state index contributed by atoms with van der Waals surface area (Å²) < 4.78 is 5.44. The summed E-state index contributed by atoms with van der Waals surface area (Å²) in [6.45, 7) is 2.02. The zero-order chi connectivity index (χ0) is 28.3. The second-order valence-corrected chi connectivity index (χ2v) is 10.8. The number of allylic oxidation sites excluding steroid dienone is 1. The quantitative estimate of drug-likeness (QED) is 0.317. The lowest BCUT2D eigenvalue weighted by molar-refractivity contribution is -0.121. The molecule has 4 atom stereocenters. The highest BCUT2D eigenvalue weighted by Gasteiger charge is 2.70. The van der Waals surface area contributed by atoms with Crippen molar-refractivity contribution >= 4 is 34.4 Å². The standard InChI is InChI=1S/C35H28N2O4/c1-21-19-29-35(26-16-7-8-17-27(26)36-34(35)40)30(32(38)23-13-10-14-24(20-23)41-2)31(33(39)22-11-4-3-5-12-22)37(29)28-18-9-6-15-25(21)28/h3-20,29-31H,1-2H3,(H,36,40). The van der Waals surface area contributed by atoms with Crippen LogP contribution in [0.2, 0.25) is 0 Å². The van der Waals surface area contributed by atoms with Gasteiger partial charge >= 0.3 is 0 Å². The predicted octanol–water partition coefficient (Wildman–Crippen LogP) is 5.94. The number of fused-ring (bicyclic) bond motifs is 6. The van der Waals surface area contributed by atoms with Gasteiger partial charge in [0.15, 0.2) is 11.6 Å². The minimum atomic E-state index is -1.35. The summed E-state index contributed by atoms with van der Waals surface area (Å²) in [7, 11) is 1.55. The number of ketones is 2. The number of ether oxygens (including phenoxy) is 1. The van der Waals surface area contributed by atoms with Crippen molar-refractivity contribution in [3.63, 3.8) is 0 Å². The second kappa shape index (κ2) is 9.30. The first-order valence-corrected chi connectivity index (χ1v) is 13.7. The third-order valence-electron chi connectivity index (χ3n) is 8.85. The molecule has 0 aromatic heterocycles. The Morgan fingerprint density at radius 1 is 0.829 bits per heavy atom. The molecule has 3 aliphatic heterocycles. The van der Waals surface area contributed by atoms with Crippen molar-refractivity contribution in [2.75, 3.05) is 17.3 Å². The number of hydrogen-bond donors (Lipinski definition) is 1. The zero-order valence-corrected chi connectivity index (χ0v) is 22.7. The Morgan fingerprint density at radius 3 is 2.34 bits per heavy atom. The number of benzene rings is 4. The highest BCUT2D eigenvalue weighted by atomic mass is 16.5. The molecular formula is C35H28N2O4. The fourth-order valence-electron chi connectivity index (χ4n) is 7.12. The van der Waals surface area contributed by atoms with Gasteiger partial charge in [0.2, 0.25) is 5.91 Å². The topological polar surface area (TPSA) is 75.7 Å². The number of rotatable bonds is 5. The molecule has 41 heavy (non-hydrogen) atoms. The third-order valence-corrected chi connectivity index (χ3v) is 8.85. The van der Waals surface area contributed by atoms with Crippen molar-refractivity contribution in [2.45, 2.75) is 24.4 Å². The number of nitrogens with one attached hydrogen (secondary N) is 1. The molecule has 1 fully saturated rings. The van der Waals surface area contributed by atoms with Gasteiger partial charge in [-0.05, 0) is 42.3 Å². The van der Waals surface area contributed by atoms with Crippen molar-refractivity contribution in [3.05, 3.63) is 131 Å². The molecule has 6 nitrogen and oxygen atoms in total. The molecule has 0 bridgehead atoms. The molecule has 0 saturated carbocycles. The van der Waals surface area contributed by atoms with E-state index < -0.39 is 23.4 Å². The Kier molecular flexibility index (Phi) is 5.68. The number of carbonyl (C=O) groups is 3. The van der Waals surface area contributed by atoms with E-state index in [4.69, 9.17) is 4.74 Å². The minimum absolute atomic E-state index is 0.200. The van der Waals surface area contributed by atoms with E-state index in [9.17, 15) is 14.4 Å². The average molecular weight is 541 g/mol. The van der Waals surface area contributed by atoms with Gasteiger partial charge in [-0.2, -0.15) is 0 Å². The maximum absolute atomic E-state index is 14.9. The highest BCUT2D eigenvalue weighted by Crippen LogP contribution is 2.58. The number of nitrogens with zero attached hydrogens (tertiary/aromatic N) is 1. The number of carbonyl (C=O) groups excluding carboxylic acids is 3. The molecular weight excluding hydrogens is 512 g/mol. The fraction of sp³-hybridized carbons (Fsp3) is 0.171. The summed E-state index contributed by atoms with van der Waals surface area (Å²) in [5.74, 6) is -1.24. The van der Waals surface area contributed by atoms with Crippen molar-refractivity contribution < 1.29 is 19.1 Å². The Labute approximate surface area is 238 Å². The molecule has 4 unspecified atom stereocenters. The SMILES string of the molecule is COc1cccc(C(=O)C2C(C(=O)c3ccccc3)N3c4ccccc4C(C)=CC3C23C(=O)Nc2ccccc23)c1. The smallest absolute Gasteiger partial charge is 0.238 e. The first-order chi connectivity index (χ1) is 20.0. The van der Waals surface area contributed by atoms with Crippen LogP contribution >= 0.6 is 0 Å². The van der Waals surface area contributed by atoms with Crippen LogP contribution in [-0.4, -0.2) is 36.7 Å². The molecule has 1 saturated heterocycles. The lowest BCUT2D eigenvalue weighted by atomic mass is 9.64. The van der Waals surface area contributed by atoms with Crippen LogP contribution in [-0.2, 0) is 10.2 Å². The van der Waals surface area contributed by atoms with Gasteiger partial charge in [-0.15, -0.1) is 0 Å². The Hall–Kier alpha value is -4.97. The van der Waals surface area contributed by atoms with E-state index in [-0.39, 0.29) is 17.5 Å². The summed E-state index contributed by atoms with van der Waals surface area (Å²) in [4.78, 5) is 46.0. The van der Waals surface area contributed by atoms with Crippen LogP contribution in [0.5, 0.6) is 5.75 Å². The molecule has 6 heteroatoms. The van der Waals surface area contributed by atoms with Gasteiger partial charge in [0.25, 0.3) is 0 Å². The summed E-state index contributed by atoms with van der Waals surface area (Å²) in [5, 5.41) is 3.08. The monoisotopic (exact) mass is 540 g/mol. The lowest BCUT2D eigenvalue weighted by Gasteiger charge is -2.39. The Morgan fingerprint density at radius 2 is 1.54 bits per heavy atom. The van der Waals surface area contributed by atoms with Crippen molar-refractivity contribution in [3.8, 4) is 5.75 Å². The number of anilines is 2. The van der Waals surface area contributed by atoms with E-state index in [2.05, 4.69) is 11.4 Å². The van der Waals surface area contributed by atoms with Crippen LogP contribution in [0, 0.1) is 5.92 Å². The summed E-state index contributed by atoms with van der Waals surface area (Å²) in [5.41, 5.74) is 3.75. The zero-order valence-electron chi connectivity index (χ0n) is 22.7. The Bertz CT molecular complexity index is 1760. The van der Waals surface area contributed by atoms with Crippen LogP contribution in [0.15, 0.2) is 109 Å². The van der Waals surface area contributed by atoms with Crippen molar-refractivity contribution in [2.24, 2.45) is 5.92 Å². The molecule has 1 amide bonds. The summed E-state index contributed by atoms with van der Waals surface area (Å²) in [6.07, 6.45) is 2.06. The van der Waals surface area contributed by atoms with Crippen LogP contribution in [0.3, 0.4) is 0 Å². The van der Waals surface area contributed by atoms with Gasteiger partial charge in [0.05, 0.1) is 19.1 Å². The van der Waals surface area contributed by atoms with E-state index in [0.29, 0.717) is 22.6 Å². The summed E-state index contributed by atoms with van der Waals surface area (Å²) >= 11 is 0. The molecule has 7 rings (SSSR count). The van der Waals surface area contributed by atoms with Crippen LogP contribution in [0.1, 0.15) is 38.8 Å². The second-order valence-electron chi connectivity index (χ2n) is 10.8. The van der Waals surface area contributed by atoms with Gasteiger partial charge in [0, 0.05) is 28.1 Å². The maximum Gasteiger partial charge on any atom is 0.238 e. The van der Waals surface area contributed by atoms with E-state index in [1.54, 1.807) is 43.5 Å². The van der Waals surface area contributed by atoms with Gasteiger partial charge in [-0.3, -0.25) is 14.4 Å². The molecule has 4 aromatic carbocycles. The van der Waals surface area contributed by atoms with E-state index >= 15 is 0 Å². The van der Waals surface area contributed by atoms with Gasteiger partial charge < -0.3 is 15.0 Å². The third kappa shape index (κ3) is 3.46. The first kappa shape index (κ1) is 25.0. The molecule has 0 aliphatic carbocycles. The predicted molar refractivity (Wildman–Crippen MR) is 158 cm³/mol. The van der Waals surface area contributed by atoms with Gasteiger partial charge in [-0.1, -0.05) is 84.9 Å². The largest absolute Gasteiger partial charge is 0.497 e. The van der Waals surface area contributed by atoms with E-state index in [1.165, 1.54) is 0 Å². The molecule has 3 heterocycles. The molecule has 0 radical (unpaired) electrons.